The van der Waals surface area contributed by atoms with Crippen molar-refractivity contribution in [1.29, 1.82) is 0 Å². The van der Waals surface area contributed by atoms with Gasteiger partial charge in [-0.05, 0) is 30.2 Å². The average Bonchev–Trinajstić information content (AvgIpc) is 3.22. The molecule has 0 radical (unpaired) electrons. The van der Waals surface area contributed by atoms with E-state index in [4.69, 9.17) is 4.74 Å². The highest BCUT2D eigenvalue weighted by molar-refractivity contribution is 5.95. The van der Waals surface area contributed by atoms with E-state index in [1.54, 1.807) is 4.90 Å². The molecule has 0 saturated carbocycles. The Bertz CT molecular complexity index is 726. The topological polar surface area (TPSA) is 75.7 Å². The fraction of sp³-hybridized carbons (Fsp3) is 0.591. The quantitative estimate of drug-likeness (QED) is 0.812. The zero-order chi connectivity index (χ0) is 20.3. The van der Waals surface area contributed by atoms with Crippen LogP contribution in [0.2, 0.25) is 0 Å². The fourth-order valence-electron chi connectivity index (χ4n) is 4.02. The zero-order valence-corrected chi connectivity index (χ0v) is 16.9. The van der Waals surface area contributed by atoms with Crippen LogP contribution in [0.1, 0.15) is 45.6 Å². The summed E-state index contributed by atoms with van der Waals surface area (Å²) in [7, 11) is 0. The number of Topliss-reactive ketones (excluding diaryl/α,β-unsaturated/α-hetero) is 1. The van der Waals surface area contributed by atoms with Crippen molar-refractivity contribution >= 4 is 17.6 Å². The molecule has 28 heavy (non-hydrogen) atoms. The van der Waals surface area contributed by atoms with Crippen molar-refractivity contribution in [3.8, 4) is 0 Å². The molecule has 3 unspecified atom stereocenters. The number of ether oxygens (including phenoxy) is 1. The van der Waals surface area contributed by atoms with Gasteiger partial charge in [-0.15, -0.1) is 0 Å². The van der Waals surface area contributed by atoms with Gasteiger partial charge in [0.15, 0.2) is 5.78 Å². The Balaban J connectivity index is 1.65. The number of rotatable bonds is 6. The van der Waals surface area contributed by atoms with Crippen molar-refractivity contribution in [2.45, 2.75) is 64.6 Å². The molecule has 2 fully saturated rings. The third-order valence-electron chi connectivity index (χ3n) is 5.33. The molecule has 6 nitrogen and oxygen atoms in total. The van der Waals surface area contributed by atoms with Gasteiger partial charge in [0.05, 0.1) is 6.10 Å². The summed E-state index contributed by atoms with van der Waals surface area (Å²) in [5.74, 6) is -0.355. The minimum atomic E-state index is -0.629. The molecule has 1 aromatic rings. The van der Waals surface area contributed by atoms with Gasteiger partial charge in [0.1, 0.15) is 18.7 Å². The van der Waals surface area contributed by atoms with E-state index in [-0.39, 0.29) is 35.7 Å². The summed E-state index contributed by atoms with van der Waals surface area (Å²) in [5, 5.41) is 2.93. The lowest BCUT2D eigenvalue weighted by Gasteiger charge is -2.31. The average molecular weight is 386 g/mol. The molecule has 0 aromatic heterocycles. The third kappa shape index (κ3) is 4.98. The maximum atomic E-state index is 13.2. The van der Waals surface area contributed by atoms with Gasteiger partial charge in [0.2, 0.25) is 11.8 Å². The van der Waals surface area contributed by atoms with Gasteiger partial charge in [-0.3, -0.25) is 14.4 Å². The normalized spacial score (nSPS) is 22.8. The number of benzene rings is 1. The van der Waals surface area contributed by atoms with E-state index < -0.39 is 12.1 Å². The number of ketones is 1. The van der Waals surface area contributed by atoms with Crippen molar-refractivity contribution in [2.75, 3.05) is 13.2 Å². The number of aryl methyl sites for hydroxylation is 1. The first-order valence-corrected chi connectivity index (χ1v) is 10.0. The van der Waals surface area contributed by atoms with Gasteiger partial charge in [-0.2, -0.15) is 0 Å². The second kappa shape index (κ2) is 8.43. The lowest BCUT2D eigenvalue weighted by atomic mass is 9.87. The summed E-state index contributed by atoms with van der Waals surface area (Å²) in [6.45, 7) is 6.70. The minimum absolute atomic E-state index is 0.0410. The first kappa shape index (κ1) is 20.5. The van der Waals surface area contributed by atoms with Crippen molar-refractivity contribution in [2.24, 2.45) is 5.41 Å². The highest BCUT2D eigenvalue weighted by atomic mass is 16.5. The van der Waals surface area contributed by atoms with E-state index >= 15 is 0 Å². The van der Waals surface area contributed by atoms with Crippen LogP contribution in [0.15, 0.2) is 30.3 Å². The van der Waals surface area contributed by atoms with Crippen molar-refractivity contribution in [3.05, 3.63) is 35.9 Å². The van der Waals surface area contributed by atoms with Crippen LogP contribution in [-0.4, -0.2) is 53.8 Å². The van der Waals surface area contributed by atoms with Crippen molar-refractivity contribution in [1.82, 2.24) is 10.2 Å². The summed E-state index contributed by atoms with van der Waals surface area (Å²) < 4.78 is 5.49. The maximum absolute atomic E-state index is 13.2. The minimum Gasteiger partial charge on any atom is -0.368 e. The summed E-state index contributed by atoms with van der Waals surface area (Å²) >= 11 is 0. The maximum Gasteiger partial charge on any atom is 0.245 e. The van der Waals surface area contributed by atoms with Gasteiger partial charge in [-0.1, -0.05) is 51.1 Å². The van der Waals surface area contributed by atoms with E-state index in [9.17, 15) is 14.4 Å². The number of amides is 2. The SMILES string of the molecule is CC(C)(C)CC(NC(=O)CCc1ccccc1)C(=O)N1CCC2OCC(=O)C21. The molecule has 2 aliphatic heterocycles. The number of hydrogen-bond acceptors (Lipinski definition) is 4. The molecule has 6 heteroatoms. The Hall–Kier alpha value is -2.21. The Morgan fingerprint density at radius 2 is 1.96 bits per heavy atom. The molecule has 0 aliphatic carbocycles. The molecule has 152 valence electrons. The number of likely N-dealkylation sites (tertiary alicyclic amines) is 1. The molecular formula is C22H30N2O4. The predicted octanol–water partition coefficient (Wildman–Crippen LogP) is 2.11. The van der Waals surface area contributed by atoms with Gasteiger partial charge in [0, 0.05) is 13.0 Å². The lowest BCUT2D eigenvalue weighted by Crippen LogP contribution is -2.53. The first-order valence-electron chi connectivity index (χ1n) is 10.0. The Kier molecular flexibility index (Phi) is 6.18. The third-order valence-corrected chi connectivity index (χ3v) is 5.33. The van der Waals surface area contributed by atoms with E-state index in [0.717, 1.165) is 5.56 Å². The van der Waals surface area contributed by atoms with Crippen LogP contribution in [0.25, 0.3) is 0 Å². The van der Waals surface area contributed by atoms with Gasteiger partial charge in [0.25, 0.3) is 0 Å². The van der Waals surface area contributed by atoms with Crippen LogP contribution in [0, 0.1) is 5.41 Å². The van der Waals surface area contributed by atoms with E-state index in [1.807, 2.05) is 51.1 Å². The first-order chi connectivity index (χ1) is 13.2. The number of fused-ring (bicyclic) bond motifs is 1. The fourth-order valence-corrected chi connectivity index (χ4v) is 4.02. The summed E-state index contributed by atoms with van der Waals surface area (Å²) in [6, 6.07) is 8.70. The number of nitrogens with one attached hydrogen (secondary N) is 1. The van der Waals surface area contributed by atoms with Crippen LogP contribution >= 0.6 is 0 Å². The number of hydrogen-bond donors (Lipinski definition) is 1. The van der Waals surface area contributed by atoms with Crippen LogP contribution < -0.4 is 5.32 Å². The van der Waals surface area contributed by atoms with Crippen molar-refractivity contribution < 1.29 is 19.1 Å². The monoisotopic (exact) mass is 386 g/mol. The van der Waals surface area contributed by atoms with Gasteiger partial charge < -0.3 is 15.0 Å². The number of carbonyl (C=O) groups excluding carboxylic acids is 3. The molecule has 1 aromatic carbocycles. The molecule has 0 spiro atoms. The molecular weight excluding hydrogens is 356 g/mol. The largest absolute Gasteiger partial charge is 0.368 e. The van der Waals surface area contributed by atoms with Gasteiger partial charge in [-0.25, -0.2) is 0 Å². The highest BCUT2D eigenvalue weighted by Crippen LogP contribution is 2.29. The van der Waals surface area contributed by atoms with Crippen LogP contribution in [0.4, 0.5) is 0 Å². The predicted molar refractivity (Wildman–Crippen MR) is 106 cm³/mol. The van der Waals surface area contributed by atoms with E-state index in [0.29, 0.717) is 32.2 Å². The second-order valence-electron chi connectivity index (χ2n) is 8.95. The highest BCUT2D eigenvalue weighted by Gasteiger charge is 2.48. The molecule has 0 bridgehead atoms. The van der Waals surface area contributed by atoms with Crippen LogP contribution in [-0.2, 0) is 25.5 Å². The molecule has 2 saturated heterocycles. The summed E-state index contributed by atoms with van der Waals surface area (Å²) in [6.07, 6.45) is 1.95. The Morgan fingerprint density at radius 3 is 2.64 bits per heavy atom. The van der Waals surface area contributed by atoms with Gasteiger partial charge >= 0.3 is 0 Å². The zero-order valence-electron chi connectivity index (χ0n) is 16.9. The smallest absolute Gasteiger partial charge is 0.245 e. The Labute approximate surface area is 166 Å². The molecule has 2 amide bonds. The lowest BCUT2D eigenvalue weighted by molar-refractivity contribution is -0.140. The van der Waals surface area contributed by atoms with E-state index in [2.05, 4.69) is 5.32 Å². The summed E-state index contributed by atoms with van der Waals surface area (Å²) in [5.41, 5.74) is 0.954. The standard InChI is InChI=1S/C22H30N2O4/c1-22(2,3)13-16(23-19(26)10-9-15-7-5-4-6-8-15)21(27)24-12-11-18-20(24)17(25)14-28-18/h4-8,16,18,20H,9-14H2,1-3H3,(H,23,26). The van der Waals surface area contributed by atoms with Crippen LogP contribution in [0.3, 0.4) is 0 Å². The number of carbonyl (C=O) groups is 3. The molecule has 2 aliphatic rings. The van der Waals surface area contributed by atoms with Crippen LogP contribution in [0.5, 0.6) is 0 Å². The molecule has 3 atom stereocenters. The molecule has 1 N–H and O–H groups in total. The van der Waals surface area contributed by atoms with Crippen molar-refractivity contribution in [3.63, 3.8) is 0 Å². The second-order valence-corrected chi connectivity index (χ2v) is 8.95. The number of nitrogens with zero attached hydrogens (tertiary/aromatic N) is 1. The molecule has 2 heterocycles. The molecule has 3 rings (SSSR count). The van der Waals surface area contributed by atoms with E-state index in [1.165, 1.54) is 0 Å². The Morgan fingerprint density at radius 1 is 1.25 bits per heavy atom. The summed E-state index contributed by atoms with van der Waals surface area (Å²) in [4.78, 5) is 39.5.